The van der Waals surface area contributed by atoms with Crippen molar-refractivity contribution in [2.75, 3.05) is 59.2 Å². The molecule has 118 valence electrons. The summed E-state index contributed by atoms with van der Waals surface area (Å²) in [5.41, 5.74) is 0. The molecule has 0 aliphatic rings. The summed E-state index contributed by atoms with van der Waals surface area (Å²) in [6, 6.07) is 0. The van der Waals surface area contributed by atoms with Crippen molar-refractivity contribution in [2.45, 2.75) is 12.3 Å². The zero-order chi connectivity index (χ0) is 16.3. The van der Waals surface area contributed by atoms with Crippen LogP contribution < -0.4 is 0 Å². The lowest BCUT2D eigenvalue weighted by Crippen LogP contribution is -2.01. The minimum Gasteiger partial charge on any atom is -0.324 e. The normalized spacial score (nSPS) is 14.0. The van der Waals surface area contributed by atoms with Gasteiger partial charge in [-0.15, -0.1) is 0 Å². The van der Waals surface area contributed by atoms with E-state index in [-0.39, 0.29) is 5.40 Å². The van der Waals surface area contributed by atoms with Crippen molar-refractivity contribution in [2.24, 2.45) is 0 Å². The van der Waals surface area contributed by atoms with Crippen molar-refractivity contribution in [3.63, 3.8) is 0 Å². The molecule has 0 heterocycles. The van der Waals surface area contributed by atoms with E-state index in [0.29, 0.717) is 5.90 Å². The molecule has 0 N–H and O–H groups in total. The van der Waals surface area contributed by atoms with Crippen LogP contribution in [0.3, 0.4) is 0 Å². The average Bonchev–Trinajstić information content (AvgIpc) is 1.92. The van der Waals surface area contributed by atoms with Crippen molar-refractivity contribution in [1.82, 2.24) is 0 Å². The predicted octanol–water partition coefficient (Wildman–Crippen LogP) is 4.77. The van der Waals surface area contributed by atoms with E-state index in [9.17, 15) is 18.3 Å². The van der Waals surface area contributed by atoms with Crippen LogP contribution >= 0.6 is 28.6 Å². The lowest BCUT2D eigenvalue weighted by molar-refractivity contribution is 0.569. The maximum absolute atomic E-state index is 11.4. The molecule has 0 unspecified atom stereocenters. The molecular formula is C11H30O4P4. The van der Waals surface area contributed by atoms with Crippen LogP contribution in [-0.4, -0.2) is 64.6 Å². The first-order valence-corrected chi connectivity index (χ1v) is 16.9. The molecule has 0 saturated carbocycles. The van der Waals surface area contributed by atoms with E-state index in [2.05, 4.69) is 0 Å². The zero-order valence-electron chi connectivity index (χ0n) is 13.7. The molecule has 0 aromatic rings. The van der Waals surface area contributed by atoms with Crippen LogP contribution in [0.1, 0.15) is 6.92 Å². The van der Waals surface area contributed by atoms with E-state index in [1.807, 2.05) is 6.92 Å². The van der Waals surface area contributed by atoms with Gasteiger partial charge in [-0.05, 0) is 60.2 Å². The number of hydrogen-bond acceptors (Lipinski definition) is 4. The van der Waals surface area contributed by atoms with E-state index >= 15 is 0 Å². The molecule has 0 aromatic carbocycles. The van der Waals surface area contributed by atoms with E-state index in [0.717, 1.165) is 0 Å². The number of hydrogen-bond donors (Lipinski definition) is 0. The smallest absolute Gasteiger partial charge is 0.0915 e. The second-order valence-electron chi connectivity index (χ2n) is 6.79. The Labute approximate surface area is 119 Å². The fraction of sp³-hybridized carbons (Fsp3) is 1.00. The van der Waals surface area contributed by atoms with Gasteiger partial charge in [0, 0.05) is 0 Å². The summed E-state index contributed by atoms with van der Waals surface area (Å²) in [7, 11) is -8.38. The molecule has 8 heteroatoms. The first kappa shape index (κ1) is 22.2. The summed E-state index contributed by atoms with van der Waals surface area (Å²) in [4.78, 5) is 0. The van der Waals surface area contributed by atoms with Gasteiger partial charge >= 0.3 is 0 Å². The highest BCUT2D eigenvalue weighted by molar-refractivity contribution is 7.80. The molecule has 19 heavy (non-hydrogen) atoms. The summed E-state index contributed by atoms with van der Waals surface area (Å²) in [5, 5.41) is -0.125. The molecule has 0 atom stereocenters. The van der Waals surface area contributed by atoms with Gasteiger partial charge < -0.3 is 18.3 Å². The third kappa shape index (κ3) is 15.1. The van der Waals surface area contributed by atoms with Gasteiger partial charge in [0.05, 0.1) is 39.9 Å². The molecule has 0 bridgehead atoms. The maximum Gasteiger partial charge on any atom is 0.0915 e. The Bertz CT molecular complexity index is 417. The molecule has 0 aliphatic heterocycles. The van der Waals surface area contributed by atoms with Gasteiger partial charge in [0.15, 0.2) is 0 Å². The minimum atomic E-state index is -2.14. The van der Waals surface area contributed by atoms with Crippen molar-refractivity contribution >= 4 is 28.6 Å². The number of rotatable bonds is 4. The van der Waals surface area contributed by atoms with Crippen LogP contribution in [0.15, 0.2) is 0 Å². The Morgan fingerprint density at radius 3 is 0.842 bits per heavy atom. The standard InChI is InChI=1S/C6H16O2P2.C5H14O2P2/c1-6(9(2,3)7)10(4,5)8;1-8(2,6)5-9(3,4)7/h6H,1-5H3;5H2,1-4H3. The fourth-order valence-electron chi connectivity index (χ4n) is 1.49. The molecular weight excluding hydrogens is 320 g/mol. The molecule has 0 fully saturated rings. The Morgan fingerprint density at radius 2 is 0.842 bits per heavy atom. The van der Waals surface area contributed by atoms with Gasteiger partial charge in [0.1, 0.15) is 0 Å². The van der Waals surface area contributed by atoms with Crippen LogP contribution in [-0.2, 0) is 18.3 Å². The molecule has 0 aromatic heterocycles. The summed E-state index contributed by atoms with van der Waals surface area (Å²) in [6.07, 6.45) is 0. The van der Waals surface area contributed by atoms with Gasteiger partial charge in [-0.1, -0.05) is 0 Å². The first-order valence-electron chi connectivity index (χ1n) is 6.03. The fourth-order valence-corrected chi connectivity index (χ4v) is 13.4. The molecule has 0 spiro atoms. The van der Waals surface area contributed by atoms with Crippen LogP contribution in [0.2, 0.25) is 0 Å². The lowest BCUT2D eigenvalue weighted by Gasteiger charge is -2.20. The largest absolute Gasteiger partial charge is 0.324 e. The van der Waals surface area contributed by atoms with Crippen LogP contribution in [0, 0.1) is 0 Å². The predicted molar refractivity (Wildman–Crippen MR) is 92.1 cm³/mol. The first-order chi connectivity index (χ1) is 7.86. The van der Waals surface area contributed by atoms with Crippen molar-refractivity contribution in [3.8, 4) is 0 Å². The van der Waals surface area contributed by atoms with E-state index in [1.165, 1.54) is 0 Å². The van der Waals surface area contributed by atoms with E-state index in [4.69, 9.17) is 0 Å². The maximum atomic E-state index is 11.4. The van der Waals surface area contributed by atoms with Gasteiger partial charge in [0.2, 0.25) is 0 Å². The topological polar surface area (TPSA) is 68.3 Å². The Balaban J connectivity index is 0. The van der Waals surface area contributed by atoms with Crippen molar-refractivity contribution < 1.29 is 18.3 Å². The summed E-state index contributed by atoms with van der Waals surface area (Å²) < 4.78 is 44.9. The molecule has 0 saturated heterocycles. The monoisotopic (exact) mass is 350 g/mol. The Hall–Kier alpha value is 0.920. The lowest BCUT2D eigenvalue weighted by atomic mass is 11.0. The third-order valence-electron chi connectivity index (χ3n) is 2.48. The van der Waals surface area contributed by atoms with E-state index < -0.39 is 28.6 Å². The highest BCUT2D eigenvalue weighted by Gasteiger charge is 2.28. The highest BCUT2D eigenvalue weighted by Crippen LogP contribution is 2.60. The third-order valence-corrected chi connectivity index (χ3v) is 14.9. The van der Waals surface area contributed by atoms with Crippen LogP contribution in [0.5, 0.6) is 0 Å². The SMILES string of the molecule is CC(P(C)(C)=O)P(C)(C)=O.CP(C)(=O)CP(C)(C)=O. The van der Waals surface area contributed by atoms with Gasteiger partial charge in [-0.3, -0.25) is 0 Å². The van der Waals surface area contributed by atoms with Gasteiger partial charge in [0.25, 0.3) is 0 Å². The minimum absolute atomic E-state index is 0.125. The summed E-state index contributed by atoms with van der Waals surface area (Å²) in [6.45, 7) is 15.3. The summed E-state index contributed by atoms with van der Waals surface area (Å²) in [5.74, 6) is 0.403. The zero-order valence-corrected chi connectivity index (χ0v) is 17.3. The van der Waals surface area contributed by atoms with Crippen LogP contribution in [0.4, 0.5) is 0 Å². The quantitative estimate of drug-likeness (QED) is 0.685. The Kier molecular flexibility index (Phi) is 8.49. The van der Waals surface area contributed by atoms with E-state index in [1.54, 1.807) is 53.3 Å². The molecule has 0 rings (SSSR count). The molecule has 0 radical (unpaired) electrons. The second-order valence-corrected chi connectivity index (χ2v) is 21.9. The molecule has 4 nitrogen and oxygen atoms in total. The summed E-state index contributed by atoms with van der Waals surface area (Å²) >= 11 is 0. The van der Waals surface area contributed by atoms with Gasteiger partial charge in [-0.25, -0.2) is 0 Å². The molecule has 0 aliphatic carbocycles. The molecule has 0 amide bonds. The second kappa shape index (κ2) is 7.26. The Morgan fingerprint density at radius 1 is 0.632 bits per heavy atom. The average molecular weight is 350 g/mol. The van der Waals surface area contributed by atoms with Crippen LogP contribution in [0.25, 0.3) is 0 Å². The van der Waals surface area contributed by atoms with Gasteiger partial charge in [-0.2, -0.15) is 0 Å². The van der Waals surface area contributed by atoms with Crippen molar-refractivity contribution in [1.29, 1.82) is 0 Å². The van der Waals surface area contributed by atoms with Crippen molar-refractivity contribution in [3.05, 3.63) is 0 Å². The highest BCUT2D eigenvalue weighted by atomic mass is 31.2.